The number of hydrogen-bond donors (Lipinski definition) is 1. The Kier molecular flexibility index (Phi) is 3.16. The fourth-order valence-corrected chi connectivity index (χ4v) is 1.17. The summed E-state index contributed by atoms with van der Waals surface area (Å²) in [4.78, 5) is 0. The van der Waals surface area contributed by atoms with E-state index >= 15 is 0 Å². The highest BCUT2D eigenvalue weighted by Gasteiger charge is 2.39. The van der Waals surface area contributed by atoms with Gasteiger partial charge < -0.3 is 5.11 Å². The van der Waals surface area contributed by atoms with Crippen LogP contribution < -0.4 is 0 Å². The number of hydrogen-bond acceptors (Lipinski definition) is 1. The van der Waals surface area contributed by atoms with Crippen molar-refractivity contribution in [3.8, 4) is 0 Å². The summed E-state index contributed by atoms with van der Waals surface area (Å²) in [5, 5.41) is 8.95. The minimum absolute atomic E-state index is 0.100. The van der Waals surface area contributed by atoms with E-state index < -0.39 is 12.3 Å². The molecule has 1 N–H and O–H groups in total. The molecule has 0 fully saturated rings. The first-order chi connectivity index (χ1) is 6.45. The predicted octanol–water partition coefficient (Wildman–Crippen LogP) is 2.84. The van der Waals surface area contributed by atoms with Crippen LogP contribution in [0.2, 0.25) is 0 Å². The minimum atomic E-state index is -4.59. The van der Waals surface area contributed by atoms with E-state index in [0.717, 1.165) is 5.56 Å². The number of aliphatic hydroxyl groups is 1. The lowest BCUT2D eigenvalue weighted by Gasteiger charge is -2.15. The number of aryl methyl sites for hydroxylation is 1. The molecular formula is C10H11F3O. The Morgan fingerprint density at radius 3 is 2.50 bits per heavy atom. The fraction of sp³-hybridized carbons (Fsp3) is 0.400. The quantitative estimate of drug-likeness (QED) is 0.785. The second-order valence-electron chi connectivity index (χ2n) is 3.04. The first kappa shape index (κ1) is 11.0. The zero-order valence-electron chi connectivity index (χ0n) is 7.67. The van der Waals surface area contributed by atoms with Gasteiger partial charge in [0.15, 0.2) is 6.10 Å². The van der Waals surface area contributed by atoms with Crippen LogP contribution in [0.4, 0.5) is 13.2 Å². The maximum atomic E-state index is 12.1. The molecule has 1 nitrogen and oxygen atoms in total. The average molecular weight is 204 g/mol. The Morgan fingerprint density at radius 1 is 1.36 bits per heavy atom. The predicted molar refractivity (Wildman–Crippen MR) is 46.8 cm³/mol. The number of rotatable bonds is 2. The van der Waals surface area contributed by atoms with Gasteiger partial charge in [0.25, 0.3) is 0 Å². The van der Waals surface area contributed by atoms with E-state index in [1.807, 2.05) is 6.92 Å². The largest absolute Gasteiger partial charge is 0.418 e. The summed E-state index contributed by atoms with van der Waals surface area (Å²) in [5.74, 6) is 0. The molecule has 0 saturated heterocycles. The molecular weight excluding hydrogens is 193 g/mol. The van der Waals surface area contributed by atoms with Crippen molar-refractivity contribution in [3.63, 3.8) is 0 Å². The zero-order chi connectivity index (χ0) is 10.8. The van der Waals surface area contributed by atoms with Crippen molar-refractivity contribution < 1.29 is 18.3 Å². The van der Waals surface area contributed by atoms with Crippen LogP contribution in [-0.2, 0) is 6.42 Å². The molecule has 0 spiro atoms. The Morgan fingerprint density at radius 2 is 2.00 bits per heavy atom. The maximum Gasteiger partial charge on any atom is 0.418 e. The first-order valence-corrected chi connectivity index (χ1v) is 4.28. The number of aliphatic hydroxyl groups excluding tert-OH is 1. The van der Waals surface area contributed by atoms with Crippen molar-refractivity contribution >= 4 is 0 Å². The van der Waals surface area contributed by atoms with E-state index in [0.29, 0.717) is 6.42 Å². The first-order valence-electron chi connectivity index (χ1n) is 4.28. The monoisotopic (exact) mass is 204 g/mol. The Bertz CT molecular complexity index is 306. The fourth-order valence-electron chi connectivity index (χ4n) is 1.17. The minimum Gasteiger partial charge on any atom is -0.379 e. The van der Waals surface area contributed by atoms with Crippen molar-refractivity contribution in [3.05, 3.63) is 35.4 Å². The summed E-state index contributed by atoms with van der Waals surface area (Å²) in [6.45, 7) is 1.85. The zero-order valence-corrected chi connectivity index (χ0v) is 7.67. The summed E-state index contributed by atoms with van der Waals surface area (Å²) in [6.07, 6.45) is -6.32. The normalized spacial score (nSPS) is 14.1. The molecule has 1 aromatic carbocycles. The summed E-state index contributed by atoms with van der Waals surface area (Å²) < 4.78 is 36.4. The standard InChI is InChI=1S/C10H11F3O/c1-2-7-4-3-5-8(6-7)9(14)10(11,12)13/h3-6,9,14H,2H2,1H3/t9-/m1/s1. The lowest BCUT2D eigenvalue weighted by Crippen LogP contribution is -2.20. The third kappa shape index (κ3) is 2.48. The molecule has 0 bridgehead atoms. The smallest absolute Gasteiger partial charge is 0.379 e. The number of halogens is 3. The molecule has 0 radical (unpaired) electrons. The van der Waals surface area contributed by atoms with Crippen LogP contribution in [-0.4, -0.2) is 11.3 Å². The molecule has 1 atom stereocenters. The summed E-state index contributed by atoms with van der Waals surface area (Å²) in [7, 11) is 0. The Hall–Kier alpha value is -1.03. The van der Waals surface area contributed by atoms with E-state index in [1.54, 1.807) is 6.07 Å². The van der Waals surface area contributed by atoms with Crippen LogP contribution in [0.3, 0.4) is 0 Å². The highest BCUT2D eigenvalue weighted by atomic mass is 19.4. The Labute approximate surface area is 80.2 Å². The Balaban J connectivity index is 2.95. The van der Waals surface area contributed by atoms with Gasteiger partial charge in [0, 0.05) is 0 Å². The van der Waals surface area contributed by atoms with Gasteiger partial charge in [0.2, 0.25) is 0 Å². The second kappa shape index (κ2) is 4.00. The molecule has 0 aliphatic heterocycles. The lowest BCUT2D eigenvalue weighted by atomic mass is 10.0. The third-order valence-electron chi connectivity index (χ3n) is 1.99. The van der Waals surface area contributed by atoms with E-state index in [1.165, 1.54) is 18.2 Å². The molecule has 1 aromatic rings. The molecule has 0 heterocycles. The number of benzene rings is 1. The molecule has 0 amide bonds. The molecule has 4 heteroatoms. The van der Waals surface area contributed by atoms with Crippen molar-refractivity contribution in [1.82, 2.24) is 0 Å². The van der Waals surface area contributed by atoms with Gasteiger partial charge in [-0.2, -0.15) is 13.2 Å². The molecule has 0 aromatic heterocycles. The van der Waals surface area contributed by atoms with Crippen LogP contribution in [0.15, 0.2) is 24.3 Å². The molecule has 1 rings (SSSR count). The summed E-state index contributed by atoms with van der Waals surface area (Å²) >= 11 is 0. The van der Waals surface area contributed by atoms with Gasteiger partial charge in [-0.05, 0) is 17.5 Å². The highest BCUT2D eigenvalue weighted by molar-refractivity contribution is 5.25. The van der Waals surface area contributed by atoms with Crippen molar-refractivity contribution in [2.45, 2.75) is 25.6 Å². The average Bonchev–Trinajstić information content (AvgIpc) is 2.15. The molecule has 78 valence electrons. The third-order valence-corrected chi connectivity index (χ3v) is 1.99. The molecule has 0 aliphatic rings. The van der Waals surface area contributed by atoms with Crippen LogP contribution in [0, 0.1) is 0 Å². The molecule has 14 heavy (non-hydrogen) atoms. The van der Waals surface area contributed by atoms with E-state index in [9.17, 15) is 13.2 Å². The van der Waals surface area contributed by atoms with Crippen LogP contribution in [0.5, 0.6) is 0 Å². The van der Waals surface area contributed by atoms with Crippen molar-refractivity contribution in [1.29, 1.82) is 0 Å². The van der Waals surface area contributed by atoms with Gasteiger partial charge in [-0.1, -0.05) is 31.2 Å². The van der Waals surface area contributed by atoms with Gasteiger partial charge in [-0.15, -0.1) is 0 Å². The van der Waals surface area contributed by atoms with Crippen LogP contribution in [0.25, 0.3) is 0 Å². The van der Waals surface area contributed by atoms with Gasteiger partial charge >= 0.3 is 6.18 Å². The lowest BCUT2D eigenvalue weighted by molar-refractivity contribution is -0.206. The van der Waals surface area contributed by atoms with Gasteiger partial charge in [-0.3, -0.25) is 0 Å². The molecule has 0 aliphatic carbocycles. The molecule has 0 saturated carbocycles. The van der Waals surface area contributed by atoms with Crippen LogP contribution in [0.1, 0.15) is 24.2 Å². The summed E-state index contributed by atoms with van der Waals surface area (Å²) in [6, 6.07) is 5.89. The van der Waals surface area contributed by atoms with E-state index in [2.05, 4.69) is 0 Å². The maximum absolute atomic E-state index is 12.1. The SMILES string of the molecule is CCc1cccc([C@@H](O)C(F)(F)F)c1. The van der Waals surface area contributed by atoms with Gasteiger partial charge in [0.05, 0.1) is 0 Å². The van der Waals surface area contributed by atoms with Gasteiger partial charge in [-0.25, -0.2) is 0 Å². The van der Waals surface area contributed by atoms with Crippen molar-refractivity contribution in [2.75, 3.05) is 0 Å². The van der Waals surface area contributed by atoms with E-state index in [4.69, 9.17) is 5.11 Å². The van der Waals surface area contributed by atoms with Crippen LogP contribution >= 0.6 is 0 Å². The van der Waals surface area contributed by atoms with Gasteiger partial charge in [0.1, 0.15) is 0 Å². The van der Waals surface area contributed by atoms with Crippen molar-refractivity contribution in [2.24, 2.45) is 0 Å². The number of alkyl halides is 3. The van der Waals surface area contributed by atoms with E-state index in [-0.39, 0.29) is 5.56 Å². The molecule has 0 unspecified atom stereocenters. The topological polar surface area (TPSA) is 20.2 Å². The second-order valence-corrected chi connectivity index (χ2v) is 3.04. The highest BCUT2D eigenvalue weighted by Crippen LogP contribution is 2.32. The summed E-state index contributed by atoms with van der Waals surface area (Å²) in [5.41, 5.74) is 0.683.